The molecule has 1 fully saturated rings. The third kappa shape index (κ3) is 2.72. The summed E-state index contributed by atoms with van der Waals surface area (Å²) in [6, 6.07) is 12.0. The van der Waals surface area contributed by atoms with Crippen molar-refractivity contribution in [1.82, 2.24) is 14.5 Å². The highest BCUT2D eigenvalue weighted by Gasteiger charge is 2.31. The molecule has 0 unspecified atom stereocenters. The summed E-state index contributed by atoms with van der Waals surface area (Å²) in [4.78, 5) is 7.50. The number of imidazole rings is 1. The molecule has 2 aromatic rings. The first-order valence-electron chi connectivity index (χ1n) is 9.09. The normalized spacial score (nSPS) is 23.0. The van der Waals surface area contributed by atoms with Gasteiger partial charge in [0.15, 0.2) is 0 Å². The van der Waals surface area contributed by atoms with Crippen molar-refractivity contribution in [2.75, 3.05) is 13.1 Å². The molecule has 23 heavy (non-hydrogen) atoms. The molecule has 1 aromatic heterocycles. The minimum atomic E-state index is 0.501. The van der Waals surface area contributed by atoms with E-state index >= 15 is 0 Å². The second-order valence-electron chi connectivity index (χ2n) is 7.15. The van der Waals surface area contributed by atoms with Crippen molar-refractivity contribution in [3.05, 3.63) is 53.1 Å². The van der Waals surface area contributed by atoms with Gasteiger partial charge in [-0.1, -0.05) is 30.3 Å². The molecule has 122 valence electrons. The zero-order valence-electron chi connectivity index (χ0n) is 14.3. The summed E-state index contributed by atoms with van der Waals surface area (Å²) in [5, 5.41) is 0. The molecule has 0 spiro atoms. The molecule has 1 aromatic carbocycles. The number of rotatable bonds is 3. The third-order valence-corrected chi connectivity index (χ3v) is 5.74. The first-order chi connectivity index (χ1) is 11.2. The van der Waals surface area contributed by atoms with E-state index in [4.69, 9.17) is 4.98 Å². The van der Waals surface area contributed by atoms with E-state index in [1.165, 1.54) is 61.4 Å². The van der Waals surface area contributed by atoms with Crippen molar-refractivity contribution < 1.29 is 0 Å². The van der Waals surface area contributed by atoms with Gasteiger partial charge >= 0.3 is 0 Å². The number of hydrogen-bond donors (Lipinski definition) is 0. The van der Waals surface area contributed by atoms with Gasteiger partial charge in [-0.3, -0.25) is 4.90 Å². The van der Waals surface area contributed by atoms with Gasteiger partial charge in [0, 0.05) is 30.9 Å². The molecule has 0 amide bonds. The molecule has 0 bridgehead atoms. The Hall–Kier alpha value is -1.61. The lowest BCUT2D eigenvalue weighted by atomic mass is 10.0. The van der Waals surface area contributed by atoms with Crippen LogP contribution in [0.15, 0.2) is 30.3 Å². The van der Waals surface area contributed by atoms with Crippen LogP contribution in [0.1, 0.15) is 61.0 Å². The van der Waals surface area contributed by atoms with Gasteiger partial charge in [-0.05, 0) is 51.5 Å². The Balaban J connectivity index is 1.54. The van der Waals surface area contributed by atoms with Gasteiger partial charge in [-0.15, -0.1) is 0 Å². The average Bonchev–Trinajstić information content (AvgIpc) is 3.18. The quantitative estimate of drug-likeness (QED) is 0.852. The van der Waals surface area contributed by atoms with Gasteiger partial charge in [-0.25, -0.2) is 4.98 Å². The van der Waals surface area contributed by atoms with E-state index in [-0.39, 0.29) is 0 Å². The zero-order valence-corrected chi connectivity index (χ0v) is 14.3. The number of benzene rings is 1. The zero-order chi connectivity index (χ0) is 15.8. The molecule has 4 rings (SSSR count). The minimum Gasteiger partial charge on any atom is -0.328 e. The monoisotopic (exact) mass is 309 g/mol. The summed E-state index contributed by atoms with van der Waals surface area (Å²) < 4.78 is 2.58. The van der Waals surface area contributed by atoms with E-state index in [1.54, 1.807) is 0 Å². The molecule has 2 heterocycles. The lowest BCUT2D eigenvalue weighted by Gasteiger charge is -2.26. The number of fused-ring (bicyclic) bond motifs is 1. The lowest BCUT2D eigenvalue weighted by molar-refractivity contribution is 0.251. The van der Waals surface area contributed by atoms with Crippen molar-refractivity contribution in [3.8, 4) is 0 Å². The average molecular weight is 309 g/mol. The highest BCUT2D eigenvalue weighted by atomic mass is 15.2. The maximum absolute atomic E-state index is 4.87. The molecule has 2 atom stereocenters. The predicted octanol–water partition coefficient (Wildman–Crippen LogP) is 4.08. The topological polar surface area (TPSA) is 21.1 Å². The van der Waals surface area contributed by atoms with E-state index in [2.05, 4.69) is 53.6 Å². The van der Waals surface area contributed by atoms with Gasteiger partial charge in [0.25, 0.3) is 0 Å². The largest absolute Gasteiger partial charge is 0.328 e. The summed E-state index contributed by atoms with van der Waals surface area (Å²) in [7, 11) is 0. The smallest absolute Gasteiger partial charge is 0.106 e. The second-order valence-corrected chi connectivity index (χ2v) is 7.15. The molecular formula is C20H27N3. The van der Waals surface area contributed by atoms with Gasteiger partial charge in [0.2, 0.25) is 0 Å². The molecule has 1 saturated heterocycles. The molecule has 3 heteroatoms. The maximum atomic E-state index is 4.87. The lowest BCUT2D eigenvalue weighted by Crippen LogP contribution is -2.26. The molecule has 0 radical (unpaired) electrons. The van der Waals surface area contributed by atoms with Gasteiger partial charge < -0.3 is 4.57 Å². The summed E-state index contributed by atoms with van der Waals surface area (Å²) in [5.41, 5.74) is 4.34. The van der Waals surface area contributed by atoms with Crippen LogP contribution in [0.2, 0.25) is 0 Å². The van der Waals surface area contributed by atoms with E-state index in [0.29, 0.717) is 12.1 Å². The van der Waals surface area contributed by atoms with Crippen LogP contribution >= 0.6 is 0 Å². The molecule has 3 nitrogen and oxygen atoms in total. The Labute approximate surface area is 139 Å². The molecule has 1 aliphatic heterocycles. The van der Waals surface area contributed by atoms with E-state index < -0.39 is 0 Å². The van der Waals surface area contributed by atoms with Crippen LogP contribution in [-0.4, -0.2) is 27.5 Å². The number of hydrogen-bond acceptors (Lipinski definition) is 2. The fourth-order valence-corrected chi connectivity index (χ4v) is 4.46. The van der Waals surface area contributed by atoms with Crippen LogP contribution in [0.4, 0.5) is 0 Å². The summed E-state index contributed by atoms with van der Waals surface area (Å²) in [6.45, 7) is 6.88. The Morgan fingerprint density at radius 1 is 1.13 bits per heavy atom. The first kappa shape index (κ1) is 14.9. The fraction of sp³-hybridized carbons (Fsp3) is 0.550. The predicted molar refractivity (Wildman–Crippen MR) is 93.7 cm³/mol. The number of aromatic nitrogens is 2. The second kappa shape index (κ2) is 6.12. The van der Waals surface area contributed by atoms with Crippen LogP contribution in [0.25, 0.3) is 0 Å². The van der Waals surface area contributed by atoms with E-state index in [0.717, 1.165) is 6.54 Å². The van der Waals surface area contributed by atoms with Crippen LogP contribution in [0, 0.1) is 6.92 Å². The Morgan fingerprint density at radius 2 is 1.91 bits per heavy atom. The highest BCUT2D eigenvalue weighted by Crippen LogP contribution is 2.33. The molecule has 2 aliphatic rings. The molecule has 0 N–H and O–H groups in total. The maximum Gasteiger partial charge on any atom is 0.106 e. The molecular weight excluding hydrogens is 282 g/mol. The summed E-state index contributed by atoms with van der Waals surface area (Å²) in [6.07, 6.45) is 6.29. The highest BCUT2D eigenvalue weighted by molar-refractivity contribution is 5.22. The number of aryl methyl sites for hydroxylation is 2. The number of nitrogens with zero attached hydrogens (tertiary/aromatic N) is 3. The Morgan fingerprint density at radius 3 is 2.74 bits per heavy atom. The molecule has 0 saturated carbocycles. The number of likely N-dealkylation sites (tertiary alicyclic amines) is 1. The Bertz CT molecular complexity index is 674. The van der Waals surface area contributed by atoms with Gasteiger partial charge in [0.05, 0.1) is 5.69 Å². The standard InChI is InChI=1S/C20H27N3/c1-15(17-8-4-3-5-9-17)22-13-12-18(14-22)23-16(2)21-19-10-6-7-11-20(19)23/h3-5,8-9,15,18H,6-7,10-14H2,1-2H3/t15-,18+/m0/s1. The Kier molecular flexibility index (Phi) is 3.98. The summed E-state index contributed by atoms with van der Waals surface area (Å²) in [5.74, 6) is 1.23. The van der Waals surface area contributed by atoms with Crippen LogP contribution in [-0.2, 0) is 12.8 Å². The minimum absolute atomic E-state index is 0.501. The molecule has 1 aliphatic carbocycles. The van der Waals surface area contributed by atoms with Gasteiger partial charge in [0.1, 0.15) is 5.82 Å². The van der Waals surface area contributed by atoms with Crippen LogP contribution < -0.4 is 0 Å². The SMILES string of the molecule is Cc1nc2c(n1[C@@H]1CCN([C@@H](C)c3ccccc3)C1)CCCC2. The van der Waals surface area contributed by atoms with E-state index in [1.807, 2.05) is 0 Å². The van der Waals surface area contributed by atoms with E-state index in [9.17, 15) is 0 Å². The van der Waals surface area contributed by atoms with Crippen LogP contribution in [0.3, 0.4) is 0 Å². The summed E-state index contributed by atoms with van der Waals surface area (Å²) >= 11 is 0. The van der Waals surface area contributed by atoms with Crippen LogP contribution in [0.5, 0.6) is 0 Å². The van der Waals surface area contributed by atoms with Crippen molar-refractivity contribution in [3.63, 3.8) is 0 Å². The van der Waals surface area contributed by atoms with Crippen molar-refractivity contribution >= 4 is 0 Å². The fourth-order valence-electron chi connectivity index (χ4n) is 4.46. The van der Waals surface area contributed by atoms with Crippen molar-refractivity contribution in [2.24, 2.45) is 0 Å². The van der Waals surface area contributed by atoms with Gasteiger partial charge in [-0.2, -0.15) is 0 Å². The first-order valence-corrected chi connectivity index (χ1v) is 9.09. The van der Waals surface area contributed by atoms with Crippen molar-refractivity contribution in [1.29, 1.82) is 0 Å². The third-order valence-electron chi connectivity index (χ3n) is 5.74. The van der Waals surface area contributed by atoms with Crippen molar-refractivity contribution in [2.45, 2.75) is 58.0 Å².